The normalized spacial score (nSPS) is 11.8. The van der Waals surface area contributed by atoms with E-state index in [-0.39, 0.29) is 17.1 Å². The predicted molar refractivity (Wildman–Crippen MR) is 140 cm³/mol. The molecule has 0 bridgehead atoms. The first-order valence-corrected chi connectivity index (χ1v) is 12.1. The molecule has 0 saturated heterocycles. The first-order valence-electron chi connectivity index (χ1n) is 11.1. The number of allylic oxidation sites excluding steroid dienone is 1. The van der Waals surface area contributed by atoms with Crippen LogP contribution in [0.25, 0.3) is 33.7 Å². The highest BCUT2D eigenvalue weighted by atomic mass is 32.2. The molecular formula is C27H22N6O2S. The van der Waals surface area contributed by atoms with Crippen molar-refractivity contribution < 1.29 is 9.84 Å². The van der Waals surface area contributed by atoms with Gasteiger partial charge in [-0.15, -0.1) is 10.2 Å². The molecule has 36 heavy (non-hydrogen) atoms. The number of ether oxygens (including phenoxy) is 1. The van der Waals surface area contributed by atoms with Crippen LogP contribution in [-0.4, -0.2) is 42.7 Å². The summed E-state index contributed by atoms with van der Waals surface area (Å²) in [4.78, 5) is 7.54. The Balaban J connectivity index is 1.51. The molecular weight excluding hydrogens is 472 g/mol. The predicted octanol–water partition coefficient (Wildman–Crippen LogP) is 5.71. The van der Waals surface area contributed by atoms with Gasteiger partial charge in [0.2, 0.25) is 0 Å². The zero-order chi connectivity index (χ0) is 25.1. The number of methoxy groups -OCH3 is 1. The molecule has 0 amide bonds. The fourth-order valence-electron chi connectivity index (χ4n) is 3.77. The third-order valence-electron chi connectivity index (χ3n) is 5.62. The molecule has 178 valence electrons. The maximum Gasteiger partial charge on any atom is 0.196 e. The molecule has 0 unspecified atom stereocenters. The largest absolute Gasteiger partial charge is 0.510 e. The number of aryl methyl sites for hydroxylation is 1. The monoisotopic (exact) mass is 494 g/mol. The summed E-state index contributed by atoms with van der Waals surface area (Å²) in [5, 5.41) is 30.0. The molecule has 0 radical (unpaired) electrons. The molecule has 0 aliphatic heterocycles. The van der Waals surface area contributed by atoms with E-state index in [9.17, 15) is 10.4 Å². The highest BCUT2D eigenvalue weighted by molar-refractivity contribution is 7.99. The fourth-order valence-corrected chi connectivity index (χ4v) is 4.60. The van der Waals surface area contributed by atoms with Crippen molar-refractivity contribution in [2.75, 3.05) is 12.9 Å². The minimum absolute atomic E-state index is 0.0909. The van der Waals surface area contributed by atoms with Crippen LogP contribution in [0.4, 0.5) is 0 Å². The summed E-state index contributed by atoms with van der Waals surface area (Å²) in [5.74, 6) is 1.70. The number of aliphatic hydroxyl groups excluding tert-OH is 1. The molecule has 0 atom stereocenters. The zero-order valence-electron chi connectivity index (χ0n) is 19.6. The van der Waals surface area contributed by atoms with Crippen molar-refractivity contribution >= 4 is 28.4 Å². The molecule has 0 aliphatic rings. The van der Waals surface area contributed by atoms with Crippen LogP contribution in [0.2, 0.25) is 0 Å². The molecule has 0 spiro atoms. The lowest BCUT2D eigenvalue weighted by molar-refractivity contribution is 0.415. The van der Waals surface area contributed by atoms with Gasteiger partial charge in [0.05, 0.1) is 23.9 Å². The van der Waals surface area contributed by atoms with Crippen molar-refractivity contribution in [2.45, 2.75) is 12.1 Å². The SMILES string of the molecule is COc1cccc(-c2nnc(SC/C(O)=C(\C#N)c3nc4ccccc4[nH]3)n2-c2ccc(C)cc2)c1. The maximum atomic E-state index is 10.8. The van der Waals surface area contributed by atoms with Gasteiger partial charge >= 0.3 is 0 Å². The number of rotatable bonds is 7. The molecule has 2 N–H and O–H groups in total. The van der Waals surface area contributed by atoms with E-state index in [1.54, 1.807) is 7.11 Å². The molecule has 2 aromatic heterocycles. The highest BCUT2D eigenvalue weighted by Gasteiger charge is 2.19. The van der Waals surface area contributed by atoms with Gasteiger partial charge in [-0.25, -0.2) is 4.98 Å². The number of hydrogen-bond donors (Lipinski definition) is 2. The number of nitriles is 1. The summed E-state index contributed by atoms with van der Waals surface area (Å²) in [6, 6.07) is 25.2. The number of H-pyrrole nitrogens is 1. The second-order valence-corrected chi connectivity index (χ2v) is 8.98. The highest BCUT2D eigenvalue weighted by Crippen LogP contribution is 2.31. The maximum absolute atomic E-state index is 10.8. The van der Waals surface area contributed by atoms with Crippen molar-refractivity contribution in [1.29, 1.82) is 5.26 Å². The molecule has 2 heterocycles. The summed E-state index contributed by atoms with van der Waals surface area (Å²) < 4.78 is 7.31. The quantitative estimate of drug-likeness (QED) is 0.169. The number of aromatic nitrogens is 5. The van der Waals surface area contributed by atoms with Crippen LogP contribution in [0.3, 0.4) is 0 Å². The molecule has 0 saturated carbocycles. The van der Waals surface area contributed by atoms with Crippen LogP contribution >= 0.6 is 11.8 Å². The molecule has 0 fully saturated rings. The number of aliphatic hydroxyl groups is 1. The van der Waals surface area contributed by atoms with Gasteiger partial charge in [0.25, 0.3) is 0 Å². The van der Waals surface area contributed by atoms with Crippen molar-refractivity contribution in [3.8, 4) is 28.9 Å². The summed E-state index contributed by atoms with van der Waals surface area (Å²) >= 11 is 1.28. The molecule has 0 aliphatic carbocycles. The zero-order valence-corrected chi connectivity index (χ0v) is 20.5. The minimum atomic E-state index is -0.0945. The fraction of sp³-hybridized carbons (Fsp3) is 0.111. The number of aromatic amines is 1. The summed E-state index contributed by atoms with van der Waals surface area (Å²) in [7, 11) is 1.62. The summed E-state index contributed by atoms with van der Waals surface area (Å²) in [5.41, 5.74) is 4.47. The number of para-hydroxylation sites is 2. The van der Waals surface area contributed by atoms with E-state index in [0.717, 1.165) is 27.8 Å². The van der Waals surface area contributed by atoms with Gasteiger partial charge in [-0.3, -0.25) is 4.57 Å². The molecule has 3 aromatic carbocycles. The van der Waals surface area contributed by atoms with Gasteiger partial charge in [0.1, 0.15) is 23.2 Å². The van der Waals surface area contributed by atoms with Crippen molar-refractivity contribution in [2.24, 2.45) is 0 Å². The van der Waals surface area contributed by atoms with E-state index in [0.29, 0.717) is 22.6 Å². The van der Waals surface area contributed by atoms with Crippen LogP contribution in [0.5, 0.6) is 5.75 Å². The van der Waals surface area contributed by atoms with E-state index < -0.39 is 0 Å². The van der Waals surface area contributed by atoms with Crippen LogP contribution in [0.1, 0.15) is 11.4 Å². The Hall–Kier alpha value is -4.55. The van der Waals surface area contributed by atoms with Crippen LogP contribution in [-0.2, 0) is 0 Å². The Morgan fingerprint density at radius 3 is 2.64 bits per heavy atom. The van der Waals surface area contributed by atoms with Crippen LogP contribution < -0.4 is 4.74 Å². The van der Waals surface area contributed by atoms with Gasteiger partial charge in [0.15, 0.2) is 16.8 Å². The van der Waals surface area contributed by atoms with E-state index in [4.69, 9.17) is 4.74 Å². The molecule has 9 heteroatoms. The average molecular weight is 495 g/mol. The smallest absolute Gasteiger partial charge is 0.196 e. The third-order valence-corrected chi connectivity index (χ3v) is 6.56. The van der Waals surface area contributed by atoms with Gasteiger partial charge < -0.3 is 14.8 Å². The van der Waals surface area contributed by atoms with Gasteiger partial charge in [0, 0.05) is 11.3 Å². The molecule has 5 aromatic rings. The number of thioether (sulfide) groups is 1. The average Bonchev–Trinajstić information content (AvgIpc) is 3.53. The number of nitrogens with one attached hydrogen (secondary N) is 1. The van der Waals surface area contributed by atoms with E-state index in [1.165, 1.54) is 11.8 Å². The Morgan fingerprint density at radius 1 is 1.08 bits per heavy atom. The lowest BCUT2D eigenvalue weighted by atomic mass is 10.2. The standard InChI is InChI=1S/C27H22N6O2S/c1-17-10-12-19(13-11-17)33-26(18-6-5-7-20(14-18)35-2)31-32-27(33)36-16-24(34)21(15-28)25-29-22-8-3-4-9-23(22)30-25/h3-14,34H,16H2,1-2H3,(H,29,30)/b24-21-. The Morgan fingerprint density at radius 2 is 1.89 bits per heavy atom. The Labute approximate surface area is 211 Å². The lowest BCUT2D eigenvalue weighted by Crippen LogP contribution is -2.01. The topological polar surface area (TPSA) is 113 Å². The molecule has 8 nitrogen and oxygen atoms in total. The Kier molecular flexibility index (Phi) is 6.43. The lowest BCUT2D eigenvalue weighted by Gasteiger charge is -2.11. The summed E-state index contributed by atoms with van der Waals surface area (Å²) in [6.07, 6.45) is 0. The van der Waals surface area contributed by atoms with Gasteiger partial charge in [-0.05, 0) is 43.3 Å². The van der Waals surface area contributed by atoms with Crippen molar-refractivity contribution in [3.05, 3.63) is 89.9 Å². The molecule has 5 rings (SSSR count). The van der Waals surface area contributed by atoms with Crippen LogP contribution in [0, 0.1) is 18.3 Å². The van der Waals surface area contributed by atoms with Gasteiger partial charge in [-0.2, -0.15) is 5.26 Å². The number of hydrogen-bond acceptors (Lipinski definition) is 7. The second kappa shape index (κ2) is 9.98. The van der Waals surface area contributed by atoms with E-state index >= 15 is 0 Å². The Bertz CT molecular complexity index is 1580. The number of benzene rings is 3. The number of imidazole rings is 1. The summed E-state index contributed by atoms with van der Waals surface area (Å²) in [6.45, 7) is 2.03. The first-order chi connectivity index (χ1) is 17.6. The number of fused-ring (bicyclic) bond motifs is 1. The third kappa shape index (κ3) is 4.54. The van der Waals surface area contributed by atoms with Crippen molar-refractivity contribution in [3.63, 3.8) is 0 Å². The van der Waals surface area contributed by atoms with Gasteiger partial charge in [-0.1, -0.05) is 53.7 Å². The number of nitrogens with zero attached hydrogens (tertiary/aromatic N) is 5. The second-order valence-electron chi connectivity index (χ2n) is 8.03. The first kappa shape index (κ1) is 23.2. The van der Waals surface area contributed by atoms with Crippen LogP contribution in [0.15, 0.2) is 83.7 Å². The van der Waals surface area contributed by atoms with E-state index in [2.05, 4.69) is 26.2 Å². The van der Waals surface area contributed by atoms with Crippen molar-refractivity contribution in [1.82, 2.24) is 24.7 Å². The van der Waals surface area contributed by atoms with E-state index in [1.807, 2.05) is 84.3 Å². The minimum Gasteiger partial charge on any atom is -0.510 e.